The van der Waals surface area contributed by atoms with Gasteiger partial charge < -0.3 is 0 Å². The van der Waals surface area contributed by atoms with E-state index in [9.17, 15) is 25.6 Å². The zero-order chi connectivity index (χ0) is 20.4. The zero-order valence-electron chi connectivity index (χ0n) is 14.8. The largest absolute Gasteiger partial charge is 0.279 e. The second-order valence-electron chi connectivity index (χ2n) is 6.17. The van der Waals surface area contributed by atoms with E-state index in [1.54, 1.807) is 24.3 Å². The van der Waals surface area contributed by atoms with Gasteiger partial charge in [-0.1, -0.05) is 36.4 Å². The van der Waals surface area contributed by atoms with Crippen molar-refractivity contribution in [2.75, 3.05) is 26.2 Å². The third kappa shape index (κ3) is 4.39. The van der Waals surface area contributed by atoms with Crippen molar-refractivity contribution in [1.29, 1.82) is 0 Å². The molecule has 0 aromatic heterocycles. The molecule has 3 rings (SSSR count). The molecule has 0 unspecified atom stereocenters. The Morgan fingerprint density at radius 2 is 1.32 bits per heavy atom. The number of hydrogen-bond acceptors (Lipinski definition) is 4. The molecule has 2 aromatic rings. The summed E-state index contributed by atoms with van der Waals surface area (Å²) in [4.78, 5) is -1.02. The Morgan fingerprint density at radius 1 is 0.786 bits per heavy atom. The van der Waals surface area contributed by atoms with Crippen LogP contribution in [0.1, 0.15) is 5.56 Å². The van der Waals surface area contributed by atoms with E-state index in [-0.39, 0.29) is 32.7 Å². The minimum atomic E-state index is -4.41. The fraction of sp³-hybridized carbons (Fsp3) is 0.294. The smallest absolute Gasteiger partial charge is 0.207 e. The molecule has 0 saturated carbocycles. The van der Waals surface area contributed by atoms with Crippen LogP contribution in [0.3, 0.4) is 0 Å². The van der Waals surface area contributed by atoms with Gasteiger partial charge in [-0.25, -0.2) is 17.2 Å². The summed E-state index contributed by atoms with van der Waals surface area (Å²) in [5, 5.41) is 0. The van der Waals surface area contributed by atoms with Crippen molar-refractivity contribution in [3.05, 3.63) is 65.7 Å². The molecule has 1 fully saturated rings. The number of benzene rings is 2. The van der Waals surface area contributed by atoms with Gasteiger partial charge in [0.15, 0.2) is 4.90 Å². The number of sulfonamides is 1. The van der Waals surface area contributed by atoms with E-state index in [1.807, 2.05) is 6.07 Å². The van der Waals surface area contributed by atoms with Crippen LogP contribution in [0.25, 0.3) is 0 Å². The molecule has 0 atom stereocenters. The minimum absolute atomic E-state index is 0.0993. The molecule has 11 heteroatoms. The molecule has 0 radical (unpaired) electrons. The van der Waals surface area contributed by atoms with Crippen LogP contribution in [0, 0.1) is 11.6 Å². The molecule has 28 heavy (non-hydrogen) atoms. The monoisotopic (exact) mass is 431 g/mol. The number of halogens is 2. The van der Waals surface area contributed by atoms with Crippen molar-refractivity contribution >= 4 is 20.2 Å². The van der Waals surface area contributed by atoms with Crippen LogP contribution in [0.4, 0.5) is 8.78 Å². The maximum absolute atomic E-state index is 13.9. The predicted molar refractivity (Wildman–Crippen MR) is 98.9 cm³/mol. The first-order valence-corrected chi connectivity index (χ1v) is 11.3. The Labute approximate surface area is 162 Å². The Morgan fingerprint density at radius 3 is 1.89 bits per heavy atom. The molecule has 0 spiro atoms. The van der Waals surface area contributed by atoms with Gasteiger partial charge in [-0.2, -0.15) is 21.8 Å². The van der Waals surface area contributed by atoms with Gasteiger partial charge in [0, 0.05) is 32.7 Å². The molecule has 0 aliphatic carbocycles. The molecule has 7 nitrogen and oxygen atoms in total. The van der Waals surface area contributed by atoms with Crippen molar-refractivity contribution in [1.82, 2.24) is 13.3 Å². The molecule has 1 aliphatic heterocycles. The molecule has 1 aliphatic rings. The zero-order valence-corrected chi connectivity index (χ0v) is 16.4. The summed E-state index contributed by atoms with van der Waals surface area (Å²) in [6.45, 7) is -0.564. The lowest BCUT2D eigenvalue weighted by Gasteiger charge is -2.33. The number of hydrogen-bond donors (Lipinski definition) is 1. The summed E-state index contributed by atoms with van der Waals surface area (Å²) < 4.78 is 82.1. The molecular weight excluding hydrogens is 412 g/mol. The molecule has 2 aromatic carbocycles. The van der Waals surface area contributed by atoms with E-state index in [1.165, 1.54) is 0 Å². The average molecular weight is 431 g/mol. The van der Waals surface area contributed by atoms with E-state index in [2.05, 4.69) is 4.72 Å². The lowest BCUT2D eigenvalue weighted by molar-refractivity contribution is 0.269. The van der Waals surface area contributed by atoms with Gasteiger partial charge in [-0.05, 0) is 17.7 Å². The van der Waals surface area contributed by atoms with Gasteiger partial charge in [0.05, 0.1) is 0 Å². The van der Waals surface area contributed by atoms with Crippen LogP contribution >= 0.6 is 0 Å². The van der Waals surface area contributed by atoms with E-state index in [0.717, 1.165) is 32.4 Å². The first-order valence-electron chi connectivity index (χ1n) is 8.44. The summed E-state index contributed by atoms with van der Waals surface area (Å²) in [6.07, 6.45) is 0. The number of rotatable bonds is 6. The van der Waals surface area contributed by atoms with Crippen LogP contribution in [0.2, 0.25) is 0 Å². The van der Waals surface area contributed by atoms with Gasteiger partial charge in [0.2, 0.25) is 10.0 Å². The molecule has 152 valence electrons. The summed E-state index contributed by atoms with van der Waals surface area (Å²) in [6, 6.07) is 11.7. The first kappa shape index (κ1) is 20.8. The molecule has 0 amide bonds. The van der Waals surface area contributed by atoms with Crippen molar-refractivity contribution < 1.29 is 25.6 Å². The third-order valence-corrected chi connectivity index (χ3v) is 7.86. The van der Waals surface area contributed by atoms with Crippen LogP contribution in [-0.2, 0) is 26.8 Å². The quantitative estimate of drug-likeness (QED) is 0.747. The van der Waals surface area contributed by atoms with Gasteiger partial charge in [0.1, 0.15) is 11.6 Å². The fourth-order valence-electron chi connectivity index (χ4n) is 2.87. The number of nitrogens with one attached hydrogen (secondary N) is 1. The molecule has 1 heterocycles. The Kier molecular flexibility index (Phi) is 6.10. The highest BCUT2D eigenvalue weighted by molar-refractivity contribution is 7.89. The van der Waals surface area contributed by atoms with E-state index >= 15 is 0 Å². The lowest BCUT2D eigenvalue weighted by atomic mass is 10.2. The molecule has 0 bridgehead atoms. The highest BCUT2D eigenvalue weighted by Crippen LogP contribution is 2.24. The summed E-state index contributed by atoms with van der Waals surface area (Å²) in [7, 11) is -8.22. The van der Waals surface area contributed by atoms with Gasteiger partial charge in [-0.3, -0.25) is 0 Å². The van der Waals surface area contributed by atoms with Gasteiger partial charge in [0.25, 0.3) is 10.2 Å². The Hall–Kier alpha value is -1.92. The van der Waals surface area contributed by atoms with Crippen LogP contribution in [-0.4, -0.2) is 51.6 Å². The lowest BCUT2D eigenvalue weighted by Crippen LogP contribution is -2.53. The predicted octanol–water partition coefficient (Wildman–Crippen LogP) is 1.31. The van der Waals surface area contributed by atoms with Crippen molar-refractivity contribution in [2.45, 2.75) is 11.4 Å². The van der Waals surface area contributed by atoms with Crippen LogP contribution in [0.5, 0.6) is 0 Å². The molecule has 1 N–H and O–H groups in total. The Bertz CT molecular complexity index is 1020. The normalized spacial score (nSPS) is 16.9. The van der Waals surface area contributed by atoms with E-state index < -0.39 is 36.8 Å². The average Bonchev–Trinajstić information content (AvgIpc) is 2.67. The summed E-state index contributed by atoms with van der Waals surface area (Å²) >= 11 is 0. The SMILES string of the molecule is O=S(=O)(NCc1ccccc1)N1CCN(S(=O)(=O)c2c(F)cccc2F)CC1. The standard InChI is InChI=1S/C17H19F2N3O4S2/c18-15-7-4-8-16(19)17(15)27(23,24)21-9-11-22(12-10-21)28(25,26)20-13-14-5-2-1-3-6-14/h1-8,20H,9-13H2. The third-order valence-electron chi connectivity index (χ3n) is 4.36. The fourth-order valence-corrected chi connectivity index (χ4v) is 5.58. The minimum Gasteiger partial charge on any atom is -0.207 e. The topological polar surface area (TPSA) is 86.8 Å². The summed E-state index contributed by atoms with van der Waals surface area (Å²) in [5.74, 6) is -2.36. The van der Waals surface area contributed by atoms with Gasteiger partial charge in [-0.15, -0.1) is 0 Å². The Balaban J connectivity index is 1.67. The highest BCUT2D eigenvalue weighted by Gasteiger charge is 2.35. The first-order chi connectivity index (χ1) is 13.2. The van der Waals surface area contributed by atoms with Crippen molar-refractivity contribution in [3.63, 3.8) is 0 Å². The maximum Gasteiger partial charge on any atom is 0.279 e. The molecule has 1 saturated heterocycles. The van der Waals surface area contributed by atoms with Crippen molar-refractivity contribution in [3.8, 4) is 0 Å². The number of piperazine rings is 1. The van der Waals surface area contributed by atoms with E-state index in [4.69, 9.17) is 0 Å². The second kappa shape index (κ2) is 8.21. The van der Waals surface area contributed by atoms with Crippen LogP contribution in [0.15, 0.2) is 53.4 Å². The maximum atomic E-state index is 13.9. The van der Waals surface area contributed by atoms with Crippen molar-refractivity contribution in [2.24, 2.45) is 0 Å². The van der Waals surface area contributed by atoms with Gasteiger partial charge >= 0.3 is 0 Å². The van der Waals surface area contributed by atoms with E-state index in [0.29, 0.717) is 0 Å². The highest BCUT2D eigenvalue weighted by atomic mass is 32.2. The number of nitrogens with zero attached hydrogens (tertiary/aromatic N) is 2. The summed E-state index contributed by atoms with van der Waals surface area (Å²) in [5.41, 5.74) is 0.780. The van der Waals surface area contributed by atoms with Crippen LogP contribution < -0.4 is 4.72 Å². The molecular formula is C17H19F2N3O4S2. The second-order valence-corrected chi connectivity index (χ2v) is 9.80.